The predicted molar refractivity (Wildman–Crippen MR) is 84.1 cm³/mol. The molecule has 1 atom stereocenters. The molecule has 1 heterocycles. The predicted octanol–water partition coefficient (Wildman–Crippen LogP) is 4.76. The summed E-state index contributed by atoms with van der Waals surface area (Å²) in [6, 6.07) is 8.92. The molecular weight excluding hydrogens is 230 g/mol. The zero-order valence-corrected chi connectivity index (χ0v) is 12.8. The van der Waals surface area contributed by atoms with E-state index < -0.39 is 0 Å². The third-order valence-electron chi connectivity index (χ3n) is 4.46. The molecule has 104 valence electrons. The van der Waals surface area contributed by atoms with Gasteiger partial charge in [-0.3, -0.25) is 0 Å². The Balaban J connectivity index is 2.04. The highest BCUT2D eigenvalue weighted by atomic mass is 15.2. The standard InChI is InChI=1S/C18H27N/c1-13(2)16-6-8-17(9-7-16)15(5)19-11-10-18(12-19)14(3)4/h6-9,13-14,18H,5,10-12H2,1-4H3. The highest BCUT2D eigenvalue weighted by Crippen LogP contribution is 2.30. The Bertz CT molecular complexity index is 428. The summed E-state index contributed by atoms with van der Waals surface area (Å²) < 4.78 is 0. The summed E-state index contributed by atoms with van der Waals surface area (Å²) in [6.07, 6.45) is 1.31. The van der Waals surface area contributed by atoms with E-state index in [4.69, 9.17) is 0 Å². The minimum Gasteiger partial charge on any atom is -0.371 e. The fraction of sp³-hybridized carbons (Fsp3) is 0.556. The summed E-state index contributed by atoms with van der Waals surface area (Å²) >= 11 is 0. The molecule has 1 fully saturated rings. The van der Waals surface area contributed by atoms with Crippen LogP contribution in [-0.2, 0) is 0 Å². The van der Waals surface area contributed by atoms with Gasteiger partial charge in [-0.25, -0.2) is 0 Å². The lowest BCUT2D eigenvalue weighted by molar-refractivity contribution is 0.382. The first-order chi connectivity index (χ1) is 8.99. The Morgan fingerprint density at radius 2 is 1.79 bits per heavy atom. The maximum atomic E-state index is 4.30. The lowest BCUT2D eigenvalue weighted by atomic mass is 9.95. The monoisotopic (exact) mass is 257 g/mol. The lowest BCUT2D eigenvalue weighted by Crippen LogP contribution is -2.20. The van der Waals surface area contributed by atoms with Crippen LogP contribution in [0.3, 0.4) is 0 Å². The Labute approximate surface area is 118 Å². The molecule has 0 saturated carbocycles. The fourth-order valence-corrected chi connectivity index (χ4v) is 2.82. The minimum absolute atomic E-state index is 0.597. The summed E-state index contributed by atoms with van der Waals surface area (Å²) in [4.78, 5) is 2.45. The van der Waals surface area contributed by atoms with Gasteiger partial charge in [0.25, 0.3) is 0 Å². The Kier molecular flexibility index (Phi) is 4.34. The van der Waals surface area contributed by atoms with Gasteiger partial charge in [0.15, 0.2) is 0 Å². The second-order valence-corrected chi connectivity index (χ2v) is 6.46. The van der Waals surface area contributed by atoms with Crippen molar-refractivity contribution in [3.63, 3.8) is 0 Å². The van der Waals surface area contributed by atoms with Crippen molar-refractivity contribution < 1.29 is 0 Å². The van der Waals surface area contributed by atoms with E-state index in [0.717, 1.165) is 18.4 Å². The molecular formula is C18H27N. The normalized spacial score (nSPS) is 19.5. The van der Waals surface area contributed by atoms with Crippen LogP contribution in [0.1, 0.15) is 51.2 Å². The quantitative estimate of drug-likeness (QED) is 0.751. The number of hydrogen-bond donors (Lipinski definition) is 0. The summed E-state index contributed by atoms with van der Waals surface area (Å²) in [6.45, 7) is 15.8. The van der Waals surface area contributed by atoms with Crippen LogP contribution >= 0.6 is 0 Å². The molecule has 0 bridgehead atoms. The first-order valence-electron chi connectivity index (χ1n) is 7.53. The number of rotatable bonds is 4. The van der Waals surface area contributed by atoms with Gasteiger partial charge in [-0.1, -0.05) is 58.5 Å². The Morgan fingerprint density at radius 3 is 2.26 bits per heavy atom. The van der Waals surface area contributed by atoms with Crippen molar-refractivity contribution in [2.24, 2.45) is 11.8 Å². The maximum absolute atomic E-state index is 4.30. The molecule has 19 heavy (non-hydrogen) atoms. The van der Waals surface area contributed by atoms with Crippen LogP contribution in [0.5, 0.6) is 0 Å². The van der Waals surface area contributed by atoms with Gasteiger partial charge in [0.05, 0.1) is 0 Å². The van der Waals surface area contributed by atoms with Crippen molar-refractivity contribution in [2.75, 3.05) is 13.1 Å². The first kappa shape index (κ1) is 14.2. The van der Waals surface area contributed by atoms with E-state index in [1.54, 1.807) is 0 Å². The first-order valence-corrected chi connectivity index (χ1v) is 7.53. The molecule has 1 nitrogen and oxygen atoms in total. The Morgan fingerprint density at radius 1 is 1.16 bits per heavy atom. The maximum Gasteiger partial charge on any atom is 0.0366 e. The van der Waals surface area contributed by atoms with E-state index in [9.17, 15) is 0 Å². The molecule has 0 radical (unpaired) electrons. The highest BCUT2D eigenvalue weighted by Gasteiger charge is 2.25. The average molecular weight is 257 g/mol. The van der Waals surface area contributed by atoms with E-state index in [1.165, 1.54) is 29.8 Å². The third-order valence-corrected chi connectivity index (χ3v) is 4.46. The van der Waals surface area contributed by atoms with Gasteiger partial charge in [0.2, 0.25) is 0 Å². The van der Waals surface area contributed by atoms with Crippen LogP contribution in [0.2, 0.25) is 0 Å². The highest BCUT2D eigenvalue weighted by molar-refractivity contribution is 5.62. The van der Waals surface area contributed by atoms with E-state index in [2.05, 4.69) is 63.4 Å². The van der Waals surface area contributed by atoms with Gasteiger partial charge in [0.1, 0.15) is 0 Å². The van der Waals surface area contributed by atoms with E-state index in [0.29, 0.717) is 5.92 Å². The second kappa shape index (κ2) is 5.81. The van der Waals surface area contributed by atoms with Crippen LogP contribution in [-0.4, -0.2) is 18.0 Å². The van der Waals surface area contributed by atoms with Crippen molar-refractivity contribution in [1.82, 2.24) is 4.90 Å². The Hall–Kier alpha value is -1.24. The second-order valence-electron chi connectivity index (χ2n) is 6.46. The topological polar surface area (TPSA) is 3.24 Å². The van der Waals surface area contributed by atoms with Crippen molar-refractivity contribution in [1.29, 1.82) is 0 Å². The zero-order chi connectivity index (χ0) is 14.0. The van der Waals surface area contributed by atoms with Gasteiger partial charge in [-0.2, -0.15) is 0 Å². The van der Waals surface area contributed by atoms with Gasteiger partial charge >= 0.3 is 0 Å². The van der Waals surface area contributed by atoms with Gasteiger partial charge in [0, 0.05) is 18.8 Å². The molecule has 1 aliphatic rings. The molecule has 0 aromatic heterocycles. The molecule has 0 aliphatic carbocycles. The fourth-order valence-electron chi connectivity index (χ4n) is 2.82. The van der Waals surface area contributed by atoms with Crippen molar-refractivity contribution in [2.45, 2.75) is 40.0 Å². The van der Waals surface area contributed by atoms with E-state index >= 15 is 0 Å². The number of likely N-dealkylation sites (tertiary alicyclic amines) is 1. The molecule has 2 rings (SSSR count). The average Bonchev–Trinajstić information content (AvgIpc) is 2.87. The SMILES string of the molecule is C=C(c1ccc(C(C)C)cc1)N1CCC(C(C)C)C1. The molecule has 1 heteroatoms. The van der Waals surface area contributed by atoms with Crippen molar-refractivity contribution >= 4 is 5.70 Å². The van der Waals surface area contributed by atoms with Crippen molar-refractivity contribution in [3.05, 3.63) is 42.0 Å². The van der Waals surface area contributed by atoms with E-state index in [-0.39, 0.29) is 0 Å². The van der Waals surface area contributed by atoms with Gasteiger partial charge < -0.3 is 4.90 Å². The molecule has 1 saturated heterocycles. The summed E-state index contributed by atoms with van der Waals surface area (Å²) in [5, 5.41) is 0. The molecule has 0 spiro atoms. The van der Waals surface area contributed by atoms with Crippen LogP contribution in [0, 0.1) is 11.8 Å². The third kappa shape index (κ3) is 3.20. The molecule has 0 amide bonds. The summed E-state index contributed by atoms with van der Waals surface area (Å²) in [5.41, 5.74) is 3.87. The lowest BCUT2D eigenvalue weighted by Gasteiger charge is -2.22. The van der Waals surface area contributed by atoms with Crippen LogP contribution in [0.25, 0.3) is 5.70 Å². The van der Waals surface area contributed by atoms with Crippen LogP contribution < -0.4 is 0 Å². The van der Waals surface area contributed by atoms with Crippen LogP contribution in [0.4, 0.5) is 0 Å². The number of benzene rings is 1. The largest absolute Gasteiger partial charge is 0.371 e. The molecule has 0 N–H and O–H groups in total. The smallest absolute Gasteiger partial charge is 0.0366 e. The minimum atomic E-state index is 0.597. The van der Waals surface area contributed by atoms with Gasteiger partial charge in [-0.05, 0) is 35.3 Å². The molecule has 1 aromatic rings. The molecule has 1 aromatic carbocycles. The van der Waals surface area contributed by atoms with Crippen LogP contribution in [0.15, 0.2) is 30.8 Å². The number of hydrogen-bond acceptors (Lipinski definition) is 1. The van der Waals surface area contributed by atoms with E-state index in [1.807, 2.05) is 0 Å². The molecule has 1 aliphatic heterocycles. The summed E-state index contributed by atoms with van der Waals surface area (Å²) in [5.74, 6) is 2.20. The number of nitrogens with zero attached hydrogens (tertiary/aromatic N) is 1. The zero-order valence-electron chi connectivity index (χ0n) is 12.8. The van der Waals surface area contributed by atoms with Gasteiger partial charge in [-0.15, -0.1) is 0 Å². The molecule has 1 unspecified atom stereocenters. The van der Waals surface area contributed by atoms with Crippen molar-refractivity contribution in [3.8, 4) is 0 Å². The summed E-state index contributed by atoms with van der Waals surface area (Å²) in [7, 11) is 0.